The lowest BCUT2D eigenvalue weighted by Gasteiger charge is -2.24. The minimum Gasteiger partial charge on any atom is -0.456 e. The summed E-state index contributed by atoms with van der Waals surface area (Å²) < 4.78 is 15.7. The summed E-state index contributed by atoms with van der Waals surface area (Å²) in [5.41, 5.74) is 11.5. The van der Waals surface area contributed by atoms with Gasteiger partial charge in [0.15, 0.2) is 5.84 Å². The molecular formula is C59H36N4O2. The van der Waals surface area contributed by atoms with Crippen LogP contribution in [0.1, 0.15) is 22.9 Å². The molecule has 0 amide bonds. The van der Waals surface area contributed by atoms with Crippen LogP contribution in [0.15, 0.2) is 225 Å². The zero-order valence-electron chi connectivity index (χ0n) is 34.9. The second kappa shape index (κ2) is 13.9. The number of benzene rings is 10. The van der Waals surface area contributed by atoms with E-state index < -0.39 is 6.17 Å². The van der Waals surface area contributed by atoms with Crippen LogP contribution in [0.5, 0.6) is 0 Å². The van der Waals surface area contributed by atoms with Gasteiger partial charge in [-0.3, -0.25) is 0 Å². The van der Waals surface area contributed by atoms with Crippen LogP contribution < -0.4 is 5.32 Å². The van der Waals surface area contributed by atoms with Crippen LogP contribution in [0.2, 0.25) is 0 Å². The molecule has 1 aliphatic rings. The first-order chi connectivity index (χ1) is 32.2. The number of para-hydroxylation sites is 2. The number of aliphatic imine (C=N–C) groups is 2. The van der Waals surface area contributed by atoms with Crippen LogP contribution in [0.25, 0.3) is 104 Å². The van der Waals surface area contributed by atoms with E-state index in [-0.39, 0.29) is 0 Å². The summed E-state index contributed by atoms with van der Waals surface area (Å²) in [5.74, 6) is 1.31. The number of fused-ring (bicyclic) bond motifs is 11. The Balaban J connectivity index is 1.03. The standard InChI is InChI=1S/C59H36N4O2/c1-2-12-35(13-3-1)36-22-24-37(25-23-36)57-60-58(42-26-27-46-45-19-9-11-21-52(45)64-53(46)32-42)62-59(61-57)49-33-43(34-55-56(49)48-29-39-15-5-7-17-41(39)31-54(48)65-55)63-50-20-10-8-18-44(50)47-28-38-14-4-6-16-40(38)30-51(47)63/h1-34,57H,(H,60,61,62). The third kappa shape index (κ3) is 5.67. The number of hydrogen-bond donors (Lipinski definition) is 1. The maximum atomic E-state index is 6.94. The summed E-state index contributed by atoms with van der Waals surface area (Å²) in [6, 6.07) is 72.8. The Morgan fingerprint density at radius 2 is 1.03 bits per heavy atom. The predicted molar refractivity (Wildman–Crippen MR) is 268 cm³/mol. The second-order valence-electron chi connectivity index (χ2n) is 17.0. The molecule has 4 heterocycles. The molecule has 0 saturated carbocycles. The molecule has 0 aliphatic carbocycles. The van der Waals surface area contributed by atoms with Crippen LogP contribution in [-0.2, 0) is 0 Å². The minimum absolute atomic E-state index is 0.453. The lowest BCUT2D eigenvalue weighted by Crippen LogP contribution is -2.33. The van der Waals surface area contributed by atoms with Crippen molar-refractivity contribution in [3.8, 4) is 16.8 Å². The van der Waals surface area contributed by atoms with Gasteiger partial charge >= 0.3 is 0 Å². The third-order valence-electron chi connectivity index (χ3n) is 13.2. The van der Waals surface area contributed by atoms with Crippen molar-refractivity contribution in [2.45, 2.75) is 6.17 Å². The van der Waals surface area contributed by atoms with E-state index in [4.69, 9.17) is 18.8 Å². The molecular weight excluding hydrogens is 797 g/mol. The lowest BCUT2D eigenvalue weighted by molar-refractivity contribution is 0.667. The van der Waals surface area contributed by atoms with Gasteiger partial charge in [0, 0.05) is 49.5 Å². The van der Waals surface area contributed by atoms with Crippen molar-refractivity contribution in [3.05, 3.63) is 223 Å². The van der Waals surface area contributed by atoms with Gasteiger partial charge in [-0.25, -0.2) is 9.98 Å². The van der Waals surface area contributed by atoms with Gasteiger partial charge < -0.3 is 18.7 Å². The van der Waals surface area contributed by atoms with Crippen molar-refractivity contribution in [1.82, 2.24) is 9.88 Å². The molecule has 3 aromatic heterocycles. The number of amidine groups is 2. The first kappa shape index (κ1) is 35.8. The van der Waals surface area contributed by atoms with Gasteiger partial charge in [0.05, 0.1) is 16.7 Å². The van der Waals surface area contributed by atoms with E-state index in [1.165, 1.54) is 21.5 Å². The number of furan rings is 2. The number of nitrogens with one attached hydrogen (secondary N) is 1. The summed E-state index contributed by atoms with van der Waals surface area (Å²) in [6.07, 6.45) is -0.453. The van der Waals surface area contributed by atoms with Crippen molar-refractivity contribution in [2.24, 2.45) is 9.98 Å². The topological polar surface area (TPSA) is 68.0 Å². The highest BCUT2D eigenvalue weighted by molar-refractivity contribution is 6.24. The van der Waals surface area contributed by atoms with Gasteiger partial charge in [-0.2, -0.15) is 0 Å². The third-order valence-corrected chi connectivity index (χ3v) is 13.2. The smallest absolute Gasteiger partial charge is 0.159 e. The maximum absolute atomic E-state index is 6.94. The summed E-state index contributed by atoms with van der Waals surface area (Å²) in [6.45, 7) is 0. The van der Waals surface area contributed by atoms with Gasteiger partial charge in [-0.05, 0) is 92.8 Å². The fourth-order valence-electron chi connectivity index (χ4n) is 10.1. The first-order valence-electron chi connectivity index (χ1n) is 22.0. The molecule has 1 atom stereocenters. The Labute approximate surface area is 372 Å². The fourth-order valence-corrected chi connectivity index (χ4v) is 10.1. The molecule has 13 aromatic rings. The Kier molecular flexibility index (Phi) is 7.65. The molecule has 0 radical (unpaired) electrons. The number of rotatable bonds is 5. The van der Waals surface area contributed by atoms with Gasteiger partial charge in [-0.1, -0.05) is 146 Å². The normalized spacial score (nSPS) is 14.3. The van der Waals surface area contributed by atoms with Gasteiger partial charge in [0.25, 0.3) is 0 Å². The van der Waals surface area contributed by atoms with Crippen molar-refractivity contribution in [2.75, 3.05) is 0 Å². The molecule has 65 heavy (non-hydrogen) atoms. The summed E-state index contributed by atoms with van der Waals surface area (Å²) in [5, 5.41) is 15.0. The quantitative estimate of drug-likeness (QED) is 0.188. The second-order valence-corrected chi connectivity index (χ2v) is 17.0. The highest BCUT2D eigenvalue weighted by Gasteiger charge is 2.27. The number of nitrogens with zero attached hydrogens (tertiary/aromatic N) is 3. The average Bonchev–Trinajstić information content (AvgIpc) is 4.03. The fraction of sp³-hybridized carbons (Fsp3) is 0.0169. The molecule has 0 saturated heterocycles. The van der Waals surface area contributed by atoms with Crippen LogP contribution in [0.4, 0.5) is 0 Å². The summed E-state index contributed by atoms with van der Waals surface area (Å²) >= 11 is 0. The molecule has 6 heteroatoms. The molecule has 0 spiro atoms. The number of aromatic nitrogens is 1. The Morgan fingerprint density at radius 3 is 1.85 bits per heavy atom. The van der Waals surface area contributed by atoms with Crippen LogP contribution in [0.3, 0.4) is 0 Å². The van der Waals surface area contributed by atoms with Gasteiger partial charge in [0.1, 0.15) is 34.3 Å². The van der Waals surface area contributed by atoms with Crippen molar-refractivity contribution in [3.63, 3.8) is 0 Å². The first-order valence-corrected chi connectivity index (χ1v) is 22.0. The predicted octanol–water partition coefficient (Wildman–Crippen LogP) is 15.1. The van der Waals surface area contributed by atoms with E-state index >= 15 is 0 Å². The zero-order valence-corrected chi connectivity index (χ0v) is 34.9. The SMILES string of the molecule is c1ccc(-c2ccc(C3N=C(c4ccc5c(c4)oc4ccccc45)N=C(c4cc(-n5c6ccccc6c6cc7ccccc7cc65)cc5oc6cc7ccccc7cc6c45)N3)cc2)cc1. The van der Waals surface area contributed by atoms with E-state index in [0.29, 0.717) is 11.7 Å². The zero-order chi connectivity index (χ0) is 42.6. The van der Waals surface area contributed by atoms with Crippen LogP contribution >= 0.6 is 0 Å². The van der Waals surface area contributed by atoms with E-state index in [1.54, 1.807) is 0 Å². The molecule has 14 rings (SSSR count). The van der Waals surface area contributed by atoms with Crippen molar-refractivity contribution in [1.29, 1.82) is 0 Å². The largest absolute Gasteiger partial charge is 0.456 e. The molecule has 0 bridgehead atoms. The van der Waals surface area contributed by atoms with E-state index in [0.717, 1.165) is 99.2 Å². The monoisotopic (exact) mass is 832 g/mol. The summed E-state index contributed by atoms with van der Waals surface area (Å²) in [7, 11) is 0. The van der Waals surface area contributed by atoms with Crippen LogP contribution in [-0.4, -0.2) is 16.2 Å². The Hall–Kier alpha value is -8.74. The molecule has 1 N–H and O–H groups in total. The highest BCUT2D eigenvalue weighted by Crippen LogP contribution is 2.41. The van der Waals surface area contributed by atoms with Gasteiger partial charge in [-0.15, -0.1) is 0 Å². The van der Waals surface area contributed by atoms with E-state index in [1.807, 2.05) is 24.3 Å². The molecule has 10 aromatic carbocycles. The Morgan fingerprint density at radius 1 is 0.415 bits per heavy atom. The number of hydrogen-bond acceptors (Lipinski definition) is 5. The maximum Gasteiger partial charge on any atom is 0.159 e. The van der Waals surface area contributed by atoms with E-state index in [9.17, 15) is 0 Å². The lowest BCUT2D eigenvalue weighted by atomic mass is 10.00. The van der Waals surface area contributed by atoms with Crippen LogP contribution in [0, 0.1) is 0 Å². The molecule has 0 fully saturated rings. The highest BCUT2D eigenvalue weighted by atomic mass is 16.3. The molecule has 1 aliphatic heterocycles. The average molecular weight is 833 g/mol. The van der Waals surface area contributed by atoms with Gasteiger partial charge in [0.2, 0.25) is 0 Å². The molecule has 6 nitrogen and oxygen atoms in total. The summed E-state index contributed by atoms with van der Waals surface area (Å²) in [4.78, 5) is 10.8. The Bertz CT molecular complexity index is 4150. The minimum atomic E-state index is -0.453. The molecule has 1 unspecified atom stereocenters. The van der Waals surface area contributed by atoms with Crippen molar-refractivity contribution < 1.29 is 8.83 Å². The van der Waals surface area contributed by atoms with Crippen molar-refractivity contribution >= 4 is 98.9 Å². The molecule has 304 valence electrons. The van der Waals surface area contributed by atoms with E-state index in [2.05, 4.69) is 192 Å².